The average molecular weight is 213 g/mol. The first kappa shape index (κ1) is 10.4. The fourth-order valence-electron chi connectivity index (χ4n) is 1.65. The highest BCUT2D eigenvalue weighted by Gasteiger charge is 2.04. The van der Waals surface area contributed by atoms with E-state index in [9.17, 15) is 10.1 Å². The molecule has 0 aliphatic rings. The summed E-state index contributed by atoms with van der Waals surface area (Å²) in [5, 5.41) is 12.7. The normalized spacial score (nSPS) is 11.7. The third-order valence-electron chi connectivity index (χ3n) is 2.48. The van der Waals surface area contributed by atoms with Gasteiger partial charge in [-0.25, -0.2) is 0 Å². The molecule has 0 heterocycles. The van der Waals surface area contributed by atoms with Gasteiger partial charge in [-0.3, -0.25) is 10.1 Å². The van der Waals surface area contributed by atoms with E-state index in [1.807, 2.05) is 42.5 Å². The predicted octanol–water partition coefficient (Wildman–Crippen LogP) is 3.48. The molecule has 0 fully saturated rings. The zero-order valence-electron chi connectivity index (χ0n) is 8.88. The van der Waals surface area contributed by atoms with Gasteiger partial charge in [0.25, 0.3) is 0 Å². The zero-order chi connectivity index (χ0) is 11.5. The van der Waals surface area contributed by atoms with Gasteiger partial charge in [0.2, 0.25) is 5.70 Å². The molecular weight excluding hydrogens is 202 g/mol. The SMILES string of the molecule is C/C(=C/c1cccc2ccccc12)[N+](=O)[O-]. The van der Waals surface area contributed by atoms with E-state index in [0.29, 0.717) is 0 Å². The highest BCUT2D eigenvalue weighted by Crippen LogP contribution is 2.20. The van der Waals surface area contributed by atoms with Gasteiger partial charge in [0.15, 0.2) is 0 Å². The molecule has 3 heteroatoms. The van der Waals surface area contributed by atoms with E-state index >= 15 is 0 Å². The summed E-state index contributed by atoms with van der Waals surface area (Å²) in [4.78, 5) is 10.2. The smallest absolute Gasteiger partial charge is 0.243 e. The summed E-state index contributed by atoms with van der Waals surface area (Å²) in [7, 11) is 0. The largest absolute Gasteiger partial charge is 0.259 e. The van der Waals surface area contributed by atoms with Crippen molar-refractivity contribution in [2.75, 3.05) is 0 Å². The first-order chi connectivity index (χ1) is 7.68. The molecule has 2 aromatic carbocycles. The lowest BCUT2D eigenvalue weighted by Gasteiger charge is -2.01. The number of fused-ring (bicyclic) bond motifs is 1. The van der Waals surface area contributed by atoms with Crippen LogP contribution in [0.4, 0.5) is 0 Å². The van der Waals surface area contributed by atoms with E-state index in [-0.39, 0.29) is 10.6 Å². The van der Waals surface area contributed by atoms with Gasteiger partial charge in [-0.05, 0) is 16.3 Å². The van der Waals surface area contributed by atoms with Gasteiger partial charge in [-0.1, -0.05) is 42.5 Å². The summed E-state index contributed by atoms with van der Waals surface area (Å²) < 4.78 is 0. The van der Waals surface area contributed by atoms with Gasteiger partial charge in [0.05, 0.1) is 4.92 Å². The Labute approximate surface area is 93.2 Å². The Balaban J connectivity index is 2.61. The van der Waals surface area contributed by atoms with Crippen molar-refractivity contribution < 1.29 is 4.92 Å². The Morgan fingerprint density at radius 1 is 1.19 bits per heavy atom. The van der Waals surface area contributed by atoms with Gasteiger partial charge in [0.1, 0.15) is 0 Å². The van der Waals surface area contributed by atoms with Crippen LogP contribution in [0, 0.1) is 10.1 Å². The van der Waals surface area contributed by atoms with Crippen molar-refractivity contribution in [3.63, 3.8) is 0 Å². The summed E-state index contributed by atoms with van der Waals surface area (Å²) in [5.41, 5.74) is 1.03. The molecule has 0 saturated carbocycles. The summed E-state index contributed by atoms with van der Waals surface area (Å²) >= 11 is 0. The quantitative estimate of drug-likeness (QED) is 0.566. The molecule has 0 spiro atoms. The minimum Gasteiger partial charge on any atom is -0.259 e. The van der Waals surface area contributed by atoms with Crippen LogP contribution in [0.1, 0.15) is 12.5 Å². The molecular formula is C13H11NO2. The molecule has 0 bridgehead atoms. The maximum absolute atomic E-state index is 10.6. The molecule has 0 atom stereocenters. The molecule has 0 radical (unpaired) electrons. The second-order valence-corrected chi connectivity index (χ2v) is 3.61. The second-order valence-electron chi connectivity index (χ2n) is 3.61. The summed E-state index contributed by atoms with van der Waals surface area (Å²) in [5.74, 6) is 0. The summed E-state index contributed by atoms with van der Waals surface area (Å²) in [6.07, 6.45) is 1.60. The monoisotopic (exact) mass is 213 g/mol. The number of hydrogen-bond donors (Lipinski definition) is 0. The molecule has 0 aliphatic heterocycles. The molecule has 2 aromatic rings. The molecule has 0 unspecified atom stereocenters. The lowest BCUT2D eigenvalue weighted by atomic mass is 10.0. The minimum atomic E-state index is -0.373. The number of nitrogens with zero attached hydrogens (tertiary/aromatic N) is 1. The molecule has 0 amide bonds. The Kier molecular flexibility index (Phi) is 2.68. The standard InChI is InChI=1S/C13H11NO2/c1-10(14(15)16)9-12-7-4-6-11-5-2-3-8-13(11)12/h2-9H,1H3/b10-9-. The van der Waals surface area contributed by atoms with Crippen LogP contribution >= 0.6 is 0 Å². The first-order valence-electron chi connectivity index (χ1n) is 4.99. The Bertz CT molecular complexity index is 568. The number of benzene rings is 2. The lowest BCUT2D eigenvalue weighted by Crippen LogP contribution is -1.93. The topological polar surface area (TPSA) is 43.1 Å². The van der Waals surface area contributed by atoms with Crippen LogP contribution in [0.5, 0.6) is 0 Å². The average Bonchev–Trinajstić information content (AvgIpc) is 2.29. The van der Waals surface area contributed by atoms with Crippen LogP contribution < -0.4 is 0 Å². The fraction of sp³-hybridized carbons (Fsp3) is 0.0769. The van der Waals surface area contributed by atoms with E-state index in [2.05, 4.69) is 0 Å². The number of rotatable bonds is 2. The highest BCUT2D eigenvalue weighted by atomic mass is 16.6. The van der Waals surface area contributed by atoms with E-state index in [4.69, 9.17) is 0 Å². The summed E-state index contributed by atoms with van der Waals surface area (Å²) in [6, 6.07) is 13.6. The highest BCUT2D eigenvalue weighted by molar-refractivity contribution is 5.90. The molecule has 0 aliphatic carbocycles. The van der Waals surface area contributed by atoms with Crippen LogP contribution in [0.2, 0.25) is 0 Å². The Morgan fingerprint density at radius 2 is 1.88 bits per heavy atom. The number of nitro groups is 1. The Hall–Kier alpha value is -2.16. The third kappa shape index (κ3) is 1.93. The van der Waals surface area contributed by atoms with Crippen molar-refractivity contribution in [3.05, 3.63) is 63.8 Å². The number of allylic oxidation sites excluding steroid dienone is 1. The number of hydrogen-bond acceptors (Lipinski definition) is 2. The maximum Gasteiger partial charge on any atom is 0.243 e. The van der Waals surface area contributed by atoms with Crippen LogP contribution in [0.3, 0.4) is 0 Å². The molecule has 0 aromatic heterocycles. The van der Waals surface area contributed by atoms with Crippen molar-refractivity contribution in [2.45, 2.75) is 6.92 Å². The van der Waals surface area contributed by atoms with Crippen molar-refractivity contribution in [1.29, 1.82) is 0 Å². The van der Waals surface area contributed by atoms with Gasteiger partial charge >= 0.3 is 0 Å². The Morgan fingerprint density at radius 3 is 2.62 bits per heavy atom. The first-order valence-corrected chi connectivity index (χ1v) is 4.99. The maximum atomic E-state index is 10.6. The minimum absolute atomic E-state index is 0.149. The van der Waals surface area contributed by atoms with Crippen LogP contribution in [-0.2, 0) is 0 Å². The van der Waals surface area contributed by atoms with E-state index < -0.39 is 0 Å². The summed E-state index contributed by atoms with van der Waals surface area (Å²) in [6.45, 7) is 1.50. The van der Waals surface area contributed by atoms with Crippen LogP contribution in [0.15, 0.2) is 48.2 Å². The van der Waals surface area contributed by atoms with E-state index in [1.54, 1.807) is 6.08 Å². The van der Waals surface area contributed by atoms with Gasteiger partial charge in [-0.2, -0.15) is 0 Å². The van der Waals surface area contributed by atoms with Crippen molar-refractivity contribution in [2.24, 2.45) is 0 Å². The van der Waals surface area contributed by atoms with E-state index in [1.165, 1.54) is 6.92 Å². The van der Waals surface area contributed by atoms with E-state index in [0.717, 1.165) is 16.3 Å². The van der Waals surface area contributed by atoms with Gasteiger partial charge in [0, 0.05) is 13.0 Å². The molecule has 2 rings (SSSR count). The molecule has 0 N–H and O–H groups in total. The second kappa shape index (κ2) is 4.14. The van der Waals surface area contributed by atoms with Gasteiger partial charge in [-0.15, -0.1) is 0 Å². The molecule has 16 heavy (non-hydrogen) atoms. The molecule has 3 nitrogen and oxygen atoms in total. The molecule has 0 saturated heterocycles. The van der Waals surface area contributed by atoms with Gasteiger partial charge < -0.3 is 0 Å². The zero-order valence-corrected chi connectivity index (χ0v) is 8.88. The van der Waals surface area contributed by atoms with Crippen molar-refractivity contribution in [3.8, 4) is 0 Å². The van der Waals surface area contributed by atoms with Crippen molar-refractivity contribution in [1.82, 2.24) is 0 Å². The van der Waals surface area contributed by atoms with Crippen LogP contribution in [-0.4, -0.2) is 4.92 Å². The molecule has 80 valence electrons. The fourth-order valence-corrected chi connectivity index (χ4v) is 1.65. The van der Waals surface area contributed by atoms with Crippen LogP contribution in [0.25, 0.3) is 16.8 Å². The predicted molar refractivity (Wildman–Crippen MR) is 64.6 cm³/mol. The van der Waals surface area contributed by atoms with Crippen molar-refractivity contribution >= 4 is 16.8 Å². The lowest BCUT2D eigenvalue weighted by molar-refractivity contribution is -0.422. The third-order valence-corrected chi connectivity index (χ3v) is 2.48.